The van der Waals surface area contributed by atoms with E-state index in [1.807, 2.05) is 30.3 Å². The number of hydrogen-bond donors (Lipinski definition) is 1. The van der Waals surface area contributed by atoms with E-state index < -0.39 is 12.0 Å². The maximum atomic E-state index is 13.3. The van der Waals surface area contributed by atoms with Crippen LogP contribution in [0.25, 0.3) is 22.6 Å². The number of nitrogens with one attached hydrogen (secondary N) is 1. The summed E-state index contributed by atoms with van der Waals surface area (Å²) in [7, 11) is 1.31. The maximum absolute atomic E-state index is 13.3. The molecule has 0 saturated carbocycles. The summed E-state index contributed by atoms with van der Waals surface area (Å²) in [5, 5.41) is 7.37. The molecule has 3 heterocycles. The second-order valence-electron chi connectivity index (χ2n) is 6.70. The second-order valence-corrected chi connectivity index (χ2v) is 6.70. The maximum Gasteiger partial charge on any atom is 0.307 e. The topological polar surface area (TPSA) is 107 Å². The molecule has 4 aromatic rings. The van der Waals surface area contributed by atoms with Gasteiger partial charge in [0.05, 0.1) is 42.5 Å². The van der Waals surface area contributed by atoms with E-state index in [0.717, 1.165) is 5.56 Å². The highest BCUT2D eigenvalue weighted by Crippen LogP contribution is 2.28. The summed E-state index contributed by atoms with van der Waals surface area (Å²) in [6, 6.07) is 13.8. The molecule has 0 aliphatic rings. The summed E-state index contributed by atoms with van der Waals surface area (Å²) >= 11 is 0. The predicted octanol–water partition coefficient (Wildman–Crippen LogP) is 3.83. The van der Waals surface area contributed by atoms with E-state index in [-0.39, 0.29) is 18.0 Å². The van der Waals surface area contributed by atoms with Crippen LogP contribution in [0, 0.1) is 6.92 Å². The van der Waals surface area contributed by atoms with Crippen LogP contribution in [0.2, 0.25) is 0 Å². The SMILES string of the molecule is COC(=O)CC(NC(=O)c1cc(-c2ccco2)nc2onc(C)c12)c1ccccc1. The first-order valence-electron chi connectivity index (χ1n) is 9.30. The van der Waals surface area contributed by atoms with E-state index in [0.29, 0.717) is 28.1 Å². The van der Waals surface area contributed by atoms with Crippen molar-refractivity contribution in [2.45, 2.75) is 19.4 Å². The summed E-state index contributed by atoms with van der Waals surface area (Å²) in [5.74, 6) is -0.324. The number of methoxy groups -OCH3 is 1. The van der Waals surface area contributed by atoms with Gasteiger partial charge in [-0.2, -0.15) is 0 Å². The van der Waals surface area contributed by atoms with E-state index >= 15 is 0 Å². The average molecular weight is 405 g/mol. The minimum Gasteiger partial charge on any atom is -0.469 e. The van der Waals surface area contributed by atoms with Crippen LogP contribution in [-0.4, -0.2) is 29.1 Å². The zero-order chi connectivity index (χ0) is 21.1. The van der Waals surface area contributed by atoms with Crippen LogP contribution in [0.1, 0.15) is 34.1 Å². The highest BCUT2D eigenvalue weighted by molar-refractivity contribution is 6.07. The Morgan fingerprint density at radius 2 is 1.97 bits per heavy atom. The van der Waals surface area contributed by atoms with Crippen LogP contribution in [0.5, 0.6) is 0 Å². The van der Waals surface area contributed by atoms with Gasteiger partial charge in [-0.15, -0.1) is 0 Å². The molecule has 1 aromatic carbocycles. The van der Waals surface area contributed by atoms with Gasteiger partial charge in [-0.1, -0.05) is 35.5 Å². The van der Waals surface area contributed by atoms with Crippen molar-refractivity contribution < 1.29 is 23.3 Å². The van der Waals surface area contributed by atoms with Crippen molar-refractivity contribution in [1.29, 1.82) is 0 Å². The molecule has 0 aliphatic heterocycles. The quantitative estimate of drug-likeness (QED) is 0.486. The molecule has 8 nitrogen and oxygen atoms in total. The van der Waals surface area contributed by atoms with E-state index in [9.17, 15) is 9.59 Å². The molecule has 1 unspecified atom stereocenters. The van der Waals surface area contributed by atoms with Gasteiger partial charge in [0.25, 0.3) is 11.6 Å². The minimum atomic E-state index is -0.568. The van der Waals surface area contributed by atoms with Crippen LogP contribution < -0.4 is 5.32 Å². The zero-order valence-electron chi connectivity index (χ0n) is 16.4. The fourth-order valence-corrected chi connectivity index (χ4v) is 3.25. The first-order chi connectivity index (χ1) is 14.6. The third-order valence-electron chi connectivity index (χ3n) is 4.74. The number of furan rings is 1. The van der Waals surface area contributed by atoms with E-state index in [4.69, 9.17) is 13.7 Å². The number of esters is 1. The molecular weight excluding hydrogens is 386 g/mol. The van der Waals surface area contributed by atoms with E-state index in [2.05, 4.69) is 15.5 Å². The molecule has 0 fully saturated rings. The van der Waals surface area contributed by atoms with Crippen LogP contribution in [0.4, 0.5) is 0 Å². The lowest BCUT2D eigenvalue weighted by molar-refractivity contribution is -0.141. The number of nitrogens with zero attached hydrogens (tertiary/aromatic N) is 2. The van der Waals surface area contributed by atoms with Crippen LogP contribution in [-0.2, 0) is 9.53 Å². The lowest BCUT2D eigenvalue weighted by Gasteiger charge is -2.18. The Bertz CT molecular complexity index is 1180. The van der Waals surface area contributed by atoms with Gasteiger partial charge in [-0.3, -0.25) is 9.59 Å². The van der Waals surface area contributed by atoms with Crippen molar-refractivity contribution in [3.8, 4) is 11.5 Å². The minimum absolute atomic E-state index is 0.00581. The molecule has 0 radical (unpaired) electrons. The third kappa shape index (κ3) is 3.80. The Balaban J connectivity index is 1.74. The number of carbonyl (C=O) groups is 2. The third-order valence-corrected chi connectivity index (χ3v) is 4.74. The van der Waals surface area contributed by atoms with Crippen LogP contribution in [0.3, 0.4) is 0 Å². The molecular formula is C22H19N3O5. The molecule has 1 amide bonds. The molecule has 8 heteroatoms. The highest BCUT2D eigenvalue weighted by atomic mass is 16.5. The second kappa shape index (κ2) is 8.20. The summed E-state index contributed by atoms with van der Waals surface area (Å²) in [6.07, 6.45) is 1.52. The molecule has 1 atom stereocenters. The first-order valence-corrected chi connectivity index (χ1v) is 9.30. The molecule has 0 saturated heterocycles. The van der Waals surface area contributed by atoms with Crippen molar-refractivity contribution in [3.63, 3.8) is 0 Å². The Labute approximate surface area is 171 Å². The molecule has 152 valence electrons. The largest absolute Gasteiger partial charge is 0.469 e. The molecule has 1 N–H and O–H groups in total. The average Bonchev–Trinajstić information content (AvgIpc) is 3.43. The van der Waals surface area contributed by atoms with Crippen molar-refractivity contribution in [3.05, 3.63) is 71.6 Å². The van der Waals surface area contributed by atoms with Gasteiger partial charge in [0.1, 0.15) is 5.69 Å². The van der Waals surface area contributed by atoms with Gasteiger partial charge in [-0.05, 0) is 30.7 Å². The Morgan fingerprint density at radius 1 is 1.17 bits per heavy atom. The predicted molar refractivity (Wildman–Crippen MR) is 108 cm³/mol. The number of aryl methyl sites for hydroxylation is 1. The number of aromatic nitrogens is 2. The number of ether oxygens (including phenoxy) is 1. The van der Waals surface area contributed by atoms with Crippen LogP contribution in [0.15, 0.2) is 63.7 Å². The molecule has 4 rings (SSSR count). The molecule has 3 aromatic heterocycles. The lowest BCUT2D eigenvalue weighted by atomic mass is 10.0. The van der Waals surface area contributed by atoms with Gasteiger partial charge < -0.3 is 19.0 Å². The van der Waals surface area contributed by atoms with Crippen molar-refractivity contribution >= 4 is 23.0 Å². The Hall–Kier alpha value is -3.94. The van der Waals surface area contributed by atoms with Gasteiger partial charge >= 0.3 is 5.97 Å². The van der Waals surface area contributed by atoms with E-state index in [1.165, 1.54) is 13.4 Å². The summed E-state index contributed by atoms with van der Waals surface area (Å²) in [6.45, 7) is 1.74. The summed E-state index contributed by atoms with van der Waals surface area (Å²) in [4.78, 5) is 29.6. The molecule has 0 bridgehead atoms. The van der Waals surface area contributed by atoms with E-state index in [1.54, 1.807) is 25.1 Å². The fraction of sp³-hybridized carbons (Fsp3) is 0.182. The van der Waals surface area contributed by atoms with Gasteiger partial charge in [-0.25, -0.2) is 4.98 Å². The number of hydrogen-bond acceptors (Lipinski definition) is 7. The van der Waals surface area contributed by atoms with Crippen LogP contribution >= 0.6 is 0 Å². The standard InChI is InChI=1S/C22H19N3O5/c1-13-20-15(11-17(18-9-6-10-29-18)24-22(20)30-25-13)21(27)23-16(12-19(26)28-2)14-7-4-3-5-8-14/h3-11,16H,12H2,1-2H3,(H,23,27). The number of benzene rings is 1. The molecule has 0 spiro atoms. The number of fused-ring (bicyclic) bond motifs is 1. The smallest absolute Gasteiger partial charge is 0.307 e. The molecule has 30 heavy (non-hydrogen) atoms. The normalized spacial score (nSPS) is 11.9. The first kappa shape index (κ1) is 19.4. The summed E-state index contributed by atoms with van der Waals surface area (Å²) < 4.78 is 15.5. The number of pyridine rings is 1. The van der Waals surface area contributed by atoms with Gasteiger partial charge in [0.2, 0.25) is 0 Å². The fourth-order valence-electron chi connectivity index (χ4n) is 3.25. The Morgan fingerprint density at radius 3 is 2.67 bits per heavy atom. The monoisotopic (exact) mass is 405 g/mol. The number of rotatable bonds is 6. The van der Waals surface area contributed by atoms with Gasteiger partial charge in [0.15, 0.2) is 5.76 Å². The lowest BCUT2D eigenvalue weighted by Crippen LogP contribution is -2.30. The number of carbonyl (C=O) groups excluding carboxylic acids is 2. The van der Waals surface area contributed by atoms with Crippen molar-refractivity contribution in [2.24, 2.45) is 0 Å². The van der Waals surface area contributed by atoms with Gasteiger partial charge in [0, 0.05) is 0 Å². The summed E-state index contributed by atoms with van der Waals surface area (Å²) in [5.41, 5.74) is 2.33. The van der Waals surface area contributed by atoms with Crippen molar-refractivity contribution in [2.75, 3.05) is 7.11 Å². The Kier molecular flexibility index (Phi) is 5.30. The zero-order valence-corrected chi connectivity index (χ0v) is 16.4. The number of amides is 1. The highest BCUT2D eigenvalue weighted by Gasteiger charge is 2.24. The van der Waals surface area contributed by atoms with Crippen molar-refractivity contribution in [1.82, 2.24) is 15.5 Å². The molecule has 0 aliphatic carbocycles.